The molecule has 2 amide bonds. The molecular weight excluding hydrogens is 711 g/mol. The number of hydrogen-bond acceptors (Lipinski definition) is 10. The number of anilines is 2. The number of carbonyl (C=O) groups excluding carboxylic acids is 2. The van der Waals surface area contributed by atoms with E-state index < -0.39 is 12.1 Å². The molecule has 56 heavy (non-hydrogen) atoms. The molecule has 0 aliphatic carbocycles. The Hall–Kier alpha value is -5.45. The van der Waals surface area contributed by atoms with Crippen molar-refractivity contribution in [3.8, 4) is 6.01 Å². The van der Waals surface area contributed by atoms with Crippen LogP contribution in [0.25, 0.3) is 15.6 Å². The predicted molar refractivity (Wildman–Crippen MR) is 211 cm³/mol. The first-order chi connectivity index (χ1) is 27.4. The molecule has 0 radical (unpaired) electrons. The lowest BCUT2D eigenvalue weighted by Gasteiger charge is -2.41. The third kappa shape index (κ3) is 7.94. The molecule has 4 aromatic rings. The van der Waals surface area contributed by atoms with Gasteiger partial charge in [0, 0.05) is 56.5 Å². The number of likely N-dealkylation sites (N-methyl/N-ethyl adjacent to an activating group) is 1. The number of ether oxygens (including phenoxy) is 4. The van der Waals surface area contributed by atoms with Crippen molar-refractivity contribution in [1.29, 1.82) is 0 Å². The minimum Gasteiger partial charge on any atom is -0.461 e. The van der Waals surface area contributed by atoms with E-state index in [1.165, 1.54) is 16.3 Å². The molecule has 3 fully saturated rings. The smallest absolute Gasteiger partial charge is 0.410 e. The number of hydrogen-bond donors (Lipinski definition) is 0. The van der Waals surface area contributed by atoms with E-state index in [0.29, 0.717) is 39.2 Å². The van der Waals surface area contributed by atoms with Crippen LogP contribution in [0.1, 0.15) is 48.1 Å². The van der Waals surface area contributed by atoms with Crippen LogP contribution >= 0.6 is 0 Å². The summed E-state index contributed by atoms with van der Waals surface area (Å²) in [6.45, 7) is 13.6. The Morgan fingerprint density at radius 1 is 1.00 bits per heavy atom. The number of fused-ring (bicyclic) bond motifs is 2. The molecule has 3 aromatic carbocycles. The average Bonchev–Trinajstić information content (AvgIpc) is 3.49. The molecule has 13 heteroatoms. The number of rotatable bonds is 10. The lowest BCUT2D eigenvalue weighted by Crippen LogP contribution is -2.57. The second-order valence-electron chi connectivity index (χ2n) is 15.1. The molecule has 0 spiro atoms. The van der Waals surface area contributed by atoms with Crippen molar-refractivity contribution in [3.05, 3.63) is 101 Å². The summed E-state index contributed by atoms with van der Waals surface area (Å²) in [7, 11) is 1.78. The number of carbonyl (C=O) groups is 2. The number of amides is 2. The highest BCUT2D eigenvalue weighted by atomic mass is 16.7. The molecule has 1 aromatic heterocycles. The lowest BCUT2D eigenvalue weighted by molar-refractivity contribution is -0.193. The summed E-state index contributed by atoms with van der Waals surface area (Å²) in [6, 6.07) is 21.9. The van der Waals surface area contributed by atoms with Crippen LogP contribution in [0.5, 0.6) is 6.01 Å². The minimum atomic E-state index is -0.428. The van der Waals surface area contributed by atoms with Crippen molar-refractivity contribution >= 4 is 34.3 Å². The van der Waals surface area contributed by atoms with Crippen LogP contribution in [0.4, 0.5) is 16.3 Å². The van der Waals surface area contributed by atoms with Gasteiger partial charge in [0.05, 0.1) is 30.8 Å². The zero-order valence-electron chi connectivity index (χ0n) is 32.1. The minimum absolute atomic E-state index is 0.00139. The van der Waals surface area contributed by atoms with Crippen molar-refractivity contribution in [2.75, 3.05) is 62.8 Å². The van der Waals surface area contributed by atoms with Gasteiger partial charge in [-0.1, -0.05) is 60.7 Å². The maximum Gasteiger partial charge on any atom is 0.410 e. The second-order valence-corrected chi connectivity index (χ2v) is 15.1. The van der Waals surface area contributed by atoms with Gasteiger partial charge >= 0.3 is 12.1 Å². The maximum atomic E-state index is 13.4. The van der Waals surface area contributed by atoms with Gasteiger partial charge in [0.1, 0.15) is 25.1 Å². The number of piperazine rings is 1. The Bertz CT molecular complexity index is 2080. The first-order valence-electron chi connectivity index (χ1n) is 19.7. The van der Waals surface area contributed by atoms with Crippen LogP contribution in [0.2, 0.25) is 0 Å². The average molecular weight is 760 g/mol. The van der Waals surface area contributed by atoms with Gasteiger partial charge in [-0.25, -0.2) is 11.4 Å². The van der Waals surface area contributed by atoms with E-state index >= 15 is 0 Å². The fraction of sp³-hybridized carbons (Fsp3) is 0.465. The Balaban J connectivity index is 1.07. The monoisotopic (exact) mass is 759 g/mol. The first-order valence-corrected chi connectivity index (χ1v) is 19.7. The lowest BCUT2D eigenvalue weighted by atomic mass is 9.99. The Kier molecular flexibility index (Phi) is 11.2. The largest absolute Gasteiger partial charge is 0.461 e. The molecule has 1 unspecified atom stereocenters. The van der Waals surface area contributed by atoms with E-state index in [1.54, 1.807) is 16.8 Å². The Labute approximate surface area is 327 Å². The van der Waals surface area contributed by atoms with E-state index in [-0.39, 0.29) is 56.5 Å². The zero-order chi connectivity index (χ0) is 38.6. The molecule has 4 aliphatic rings. The van der Waals surface area contributed by atoms with E-state index in [2.05, 4.69) is 58.0 Å². The molecule has 4 aliphatic heterocycles. The SMILES string of the molecule is [C-]#[N+]C[C@H]1CN(c2nc(OC[C@@H]3[C@H](OC4CCCCO4)CC(=O)N3C)nc3c2CCN(c2cccc4cccc(C)c24)C3)CCN1C(=O)OCc1ccccc1. The maximum absolute atomic E-state index is 13.4. The highest BCUT2D eigenvalue weighted by Crippen LogP contribution is 2.36. The Morgan fingerprint density at radius 3 is 2.64 bits per heavy atom. The van der Waals surface area contributed by atoms with Gasteiger partial charge in [-0.15, -0.1) is 0 Å². The summed E-state index contributed by atoms with van der Waals surface area (Å²) in [5, 5.41) is 2.42. The third-order valence-corrected chi connectivity index (χ3v) is 11.5. The predicted octanol–water partition coefficient (Wildman–Crippen LogP) is 5.77. The van der Waals surface area contributed by atoms with Gasteiger partial charge in [-0.3, -0.25) is 9.69 Å². The molecule has 4 atom stereocenters. The zero-order valence-corrected chi connectivity index (χ0v) is 32.1. The van der Waals surface area contributed by atoms with E-state index in [0.717, 1.165) is 54.1 Å². The van der Waals surface area contributed by atoms with E-state index in [4.69, 9.17) is 35.5 Å². The number of nitrogens with zero attached hydrogens (tertiary/aromatic N) is 7. The summed E-state index contributed by atoms with van der Waals surface area (Å²) in [6.07, 6.45) is 2.69. The summed E-state index contributed by atoms with van der Waals surface area (Å²) in [4.78, 5) is 48.0. The quantitative estimate of drug-likeness (QED) is 0.185. The normalized spacial score (nSPS) is 22.6. The molecule has 5 heterocycles. The van der Waals surface area contributed by atoms with E-state index in [9.17, 15) is 9.59 Å². The van der Waals surface area contributed by atoms with Crippen LogP contribution in [-0.4, -0.2) is 109 Å². The van der Waals surface area contributed by atoms with Gasteiger partial charge in [0.2, 0.25) is 12.5 Å². The molecule has 13 nitrogen and oxygen atoms in total. The van der Waals surface area contributed by atoms with Crippen molar-refractivity contribution in [2.45, 2.75) is 76.7 Å². The van der Waals surface area contributed by atoms with Crippen LogP contribution in [0.15, 0.2) is 66.7 Å². The highest BCUT2D eigenvalue weighted by Gasteiger charge is 2.41. The molecule has 292 valence electrons. The fourth-order valence-corrected chi connectivity index (χ4v) is 8.46. The van der Waals surface area contributed by atoms with E-state index in [1.807, 2.05) is 30.3 Å². The molecule has 0 N–H and O–H groups in total. The van der Waals surface area contributed by atoms with Crippen LogP contribution in [0, 0.1) is 13.5 Å². The third-order valence-electron chi connectivity index (χ3n) is 11.5. The number of aromatic nitrogens is 2. The standard InChI is InChI=1S/C43H49N7O6/c1-29-11-9-14-31-15-10-16-35(40(29)31)48-19-18-33-34(26-48)45-42(54-28-36-37(23-38(51)47(36)3)56-39-17-7-8-22-53-39)46-41(33)49-20-21-50(32(25-49)24-44-2)43(52)55-27-30-12-5-4-6-13-30/h4-6,9-16,32,36-37,39H,7-8,17-28H2,1,3H3/t32-,36+,37+,39?/m0/s1. The second kappa shape index (κ2) is 16.7. The van der Waals surface area contributed by atoms with Gasteiger partial charge in [0.15, 0.2) is 6.29 Å². The van der Waals surface area contributed by atoms with Crippen LogP contribution < -0.4 is 14.5 Å². The topological polar surface area (TPSA) is 114 Å². The van der Waals surface area contributed by atoms with Crippen molar-refractivity contribution in [1.82, 2.24) is 19.8 Å². The number of likely N-dealkylation sites (tertiary alicyclic amines) is 1. The van der Waals surface area contributed by atoms with Gasteiger partial charge in [-0.2, -0.15) is 9.97 Å². The van der Waals surface area contributed by atoms with Crippen molar-refractivity contribution in [2.24, 2.45) is 0 Å². The molecule has 0 bridgehead atoms. The van der Waals surface area contributed by atoms with Crippen molar-refractivity contribution < 1.29 is 28.5 Å². The number of aryl methyl sites for hydroxylation is 1. The summed E-state index contributed by atoms with van der Waals surface area (Å²) >= 11 is 0. The molecule has 0 saturated carbocycles. The van der Waals surface area contributed by atoms with Gasteiger partial charge in [-0.05, 0) is 55.2 Å². The summed E-state index contributed by atoms with van der Waals surface area (Å²) in [5.74, 6) is 0.754. The van der Waals surface area contributed by atoms with Gasteiger partial charge < -0.3 is 38.5 Å². The van der Waals surface area contributed by atoms with Gasteiger partial charge in [0.25, 0.3) is 0 Å². The first kappa shape index (κ1) is 37.5. The summed E-state index contributed by atoms with van der Waals surface area (Å²) in [5.41, 5.74) is 5.18. The summed E-state index contributed by atoms with van der Waals surface area (Å²) < 4.78 is 24.3. The highest BCUT2D eigenvalue weighted by molar-refractivity contribution is 5.97. The molecule has 3 saturated heterocycles. The van der Waals surface area contributed by atoms with Crippen molar-refractivity contribution in [3.63, 3.8) is 0 Å². The Morgan fingerprint density at radius 2 is 1.84 bits per heavy atom. The molecule has 8 rings (SSSR count). The van der Waals surface area contributed by atoms with Crippen LogP contribution in [0.3, 0.4) is 0 Å². The fourth-order valence-electron chi connectivity index (χ4n) is 8.46. The van der Waals surface area contributed by atoms with Crippen LogP contribution in [-0.2, 0) is 38.6 Å². The molecular formula is C43H49N7O6. The number of benzene rings is 3.